The first kappa shape index (κ1) is 9.09. The zero-order valence-corrected chi connectivity index (χ0v) is 3.39. The van der Waals surface area contributed by atoms with E-state index in [0.717, 1.165) is 0 Å². The van der Waals surface area contributed by atoms with Gasteiger partial charge in [-0.1, -0.05) is 0 Å². The van der Waals surface area contributed by atoms with Crippen molar-refractivity contribution in [3.63, 3.8) is 0 Å². The molecule has 0 bridgehead atoms. The molecule has 0 aliphatic carbocycles. The van der Waals surface area contributed by atoms with Crippen molar-refractivity contribution in [2.24, 2.45) is 0 Å². The molecule has 2 radical (unpaired) electrons. The Morgan fingerprint density at radius 3 is 2.00 bits per heavy atom. The second-order valence-electron chi connectivity index (χ2n) is 0.609. The van der Waals surface area contributed by atoms with Crippen LogP contribution in [0.4, 0.5) is 0 Å². The fourth-order valence-electron chi connectivity index (χ4n) is 0. The quantitative estimate of drug-likeness (QED) is 0.349. The van der Waals surface area contributed by atoms with Gasteiger partial charge in [0, 0.05) is 6.92 Å². The Bertz CT molecular complexity index is 44.1. The third-order valence-electron chi connectivity index (χ3n) is 0.166. The summed E-state index contributed by atoms with van der Waals surface area (Å²) >= 11 is 0. The van der Waals surface area contributed by atoms with Crippen LogP contribution in [0.1, 0.15) is 6.92 Å². The molecule has 0 unspecified atom stereocenters. The highest BCUT2D eigenvalue weighted by Gasteiger charge is 1.75. The van der Waals surface area contributed by atoms with Crippen molar-refractivity contribution in [3.8, 4) is 0 Å². The summed E-state index contributed by atoms with van der Waals surface area (Å²) in [4.78, 5) is 9.47. The first-order valence-electron chi connectivity index (χ1n) is 1.14. The maximum Gasteiger partial charge on any atom is 0.378 e. The van der Waals surface area contributed by atoms with E-state index in [9.17, 15) is 4.79 Å². The van der Waals surface area contributed by atoms with E-state index in [1.165, 1.54) is 6.92 Å². The number of hydrogen-bond donors (Lipinski definition) is 0. The van der Waals surface area contributed by atoms with Crippen LogP contribution in [0.15, 0.2) is 0 Å². The van der Waals surface area contributed by atoms with Crippen molar-refractivity contribution in [1.82, 2.24) is 0 Å². The highest BCUT2D eigenvalue weighted by atomic mass is 16.5. The lowest BCUT2D eigenvalue weighted by molar-refractivity contribution is -0.131. The molecule has 0 atom stereocenters. The Balaban J connectivity index is 0. The second kappa shape index (κ2) is 4.49. The Morgan fingerprint density at radius 1 is 1.83 bits per heavy atom. The number of carbonyl (C=O) groups excluding carboxylic acids is 1. The minimum Gasteiger partial charge on any atom is -0.544 e. The SMILES string of the molecule is O.[B]OC(C)=O. The van der Waals surface area contributed by atoms with Crippen LogP contribution in [0.2, 0.25) is 0 Å². The molecule has 0 saturated carbocycles. The van der Waals surface area contributed by atoms with E-state index in [4.69, 9.17) is 0 Å². The molecule has 0 rings (SSSR count). The average molecular weight is 87.9 g/mol. The van der Waals surface area contributed by atoms with E-state index < -0.39 is 5.97 Å². The van der Waals surface area contributed by atoms with Crippen molar-refractivity contribution >= 4 is 14.0 Å². The van der Waals surface area contributed by atoms with Gasteiger partial charge in [0.05, 0.1) is 0 Å². The van der Waals surface area contributed by atoms with Crippen LogP contribution in [-0.2, 0) is 9.45 Å². The molecule has 0 aromatic rings. The summed E-state index contributed by atoms with van der Waals surface area (Å²) in [7, 11) is 4.32. The summed E-state index contributed by atoms with van der Waals surface area (Å²) < 4.78 is 3.61. The second-order valence-corrected chi connectivity index (χ2v) is 0.609. The molecule has 0 spiro atoms. The Labute approximate surface area is 37.0 Å². The van der Waals surface area contributed by atoms with Gasteiger partial charge in [-0.2, -0.15) is 0 Å². The van der Waals surface area contributed by atoms with E-state index in [2.05, 4.69) is 12.7 Å². The van der Waals surface area contributed by atoms with Gasteiger partial charge in [0.25, 0.3) is 5.97 Å². The Morgan fingerprint density at radius 2 is 2.00 bits per heavy atom. The standard InChI is InChI=1S/C2H3BO2.H2O/c1-2(4)5-3;/h1H3;1H2. The molecule has 6 heavy (non-hydrogen) atoms. The molecule has 0 fully saturated rings. The maximum atomic E-state index is 9.47. The fourth-order valence-corrected chi connectivity index (χ4v) is 0. The van der Waals surface area contributed by atoms with Crippen LogP contribution in [0.5, 0.6) is 0 Å². The van der Waals surface area contributed by atoms with Gasteiger partial charge < -0.3 is 10.1 Å². The van der Waals surface area contributed by atoms with Gasteiger partial charge in [-0.05, 0) is 0 Å². The number of hydrogen-bond acceptors (Lipinski definition) is 2. The molecular weight excluding hydrogens is 82.8 g/mol. The first-order chi connectivity index (χ1) is 2.27. The third kappa shape index (κ3) is 9.73. The zero-order valence-electron chi connectivity index (χ0n) is 3.39. The minimum absolute atomic E-state index is 0. The van der Waals surface area contributed by atoms with E-state index in [-0.39, 0.29) is 5.48 Å². The van der Waals surface area contributed by atoms with Crippen molar-refractivity contribution in [2.75, 3.05) is 0 Å². The largest absolute Gasteiger partial charge is 0.544 e. The lowest BCUT2D eigenvalue weighted by atomic mass is 10.6. The van der Waals surface area contributed by atoms with E-state index >= 15 is 0 Å². The molecule has 0 aromatic carbocycles. The van der Waals surface area contributed by atoms with E-state index in [0.29, 0.717) is 0 Å². The monoisotopic (exact) mass is 88.0 g/mol. The van der Waals surface area contributed by atoms with Gasteiger partial charge in [-0.25, -0.2) is 0 Å². The molecule has 0 amide bonds. The normalized spacial score (nSPS) is 5.50. The summed E-state index contributed by atoms with van der Waals surface area (Å²) in [6, 6.07) is 0. The van der Waals surface area contributed by atoms with Gasteiger partial charge in [-0.3, -0.25) is 4.79 Å². The molecule has 0 aliphatic rings. The van der Waals surface area contributed by atoms with Crippen LogP contribution in [0, 0.1) is 0 Å². The summed E-state index contributed by atoms with van der Waals surface area (Å²) in [5.41, 5.74) is 0. The highest BCUT2D eigenvalue weighted by Crippen LogP contribution is 1.58. The van der Waals surface area contributed by atoms with Crippen LogP contribution in [0.3, 0.4) is 0 Å². The number of carbonyl (C=O) groups is 1. The molecule has 34 valence electrons. The van der Waals surface area contributed by atoms with Crippen molar-refractivity contribution in [3.05, 3.63) is 0 Å². The Hall–Kier alpha value is -0.505. The van der Waals surface area contributed by atoms with Crippen LogP contribution in [0.25, 0.3) is 0 Å². The van der Waals surface area contributed by atoms with Crippen molar-refractivity contribution < 1.29 is 14.9 Å². The van der Waals surface area contributed by atoms with E-state index in [1.807, 2.05) is 0 Å². The van der Waals surface area contributed by atoms with Gasteiger partial charge >= 0.3 is 8.05 Å². The molecule has 0 aliphatic heterocycles. The zero-order chi connectivity index (χ0) is 4.28. The van der Waals surface area contributed by atoms with Crippen molar-refractivity contribution in [2.45, 2.75) is 6.92 Å². The lowest BCUT2D eigenvalue weighted by Crippen LogP contribution is -1.90. The molecule has 3 nitrogen and oxygen atoms in total. The van der Waals surface area contributed by atoms with E-state index in [1.54, 1.807) is 0 Å². The van der Waals surface area contributed by atoms with Gasteiger partial charge in [0.2, 0.25) is 0 Å². The van der Waals surface area contributed by atoms with Crippen molar-refractivity contribution in [1.29, 1.82) is 0 Å². The van der Waals surface area contributed by atoms with Crippen LogP contribution >= 0.6 is 0 Å². The highest BCUT2D eigenvalue weighted by molar-refractivity contribution is 6.04. The van der Waals surface area contributed by atoms with Gasteiger partial charge in [0.1, 0.15) is 0 Å². The van der Waals surface area contributed by atoms with Gasteiger partial charge in [0.15, 0.2) is 0 Å². The smallest absolute Gasteiger partial charge is 0.378 e. The predicted octanol–water partition coefficient (Wildman–Crippen LogP) is -1.19. The molecule has 0 aromatic heterocycles. The summed E-state index contributed by atoms with van der Waals surface area (Å²) in [5.74, 6) is -0.468. The molecule has 2 N–H and O–H groups in total. The first-order valence-corrected chi connectivity index (χ1v) is 1.14. The third-order valence-corrected chi connectivity index (χ3v) is 0.166. The van der Waals surface area contributed by atoms with Crippen LogP contribution < -0.4 is 0 Å². The van der Waals surface area contributed by atoms with Crippen LogP contribution in [-0.4, -0.2) is 19.5 Å². The Kier molecular flexibility index (Phi) is 6.81. The fraction of sp³-hybridized carbons (Fsp3) is 0.500. The molecule has 0 heterocycles. The number of rotatable bonds is 0. The summed E-state index contributed by atoms with van der Waals surface area (Å²) in [5, 5.41) is 0. The molecule has 0 saturated heterocycles. The molecular formula is C2H5BO3. The predicted molar refractivity (Wildman–Crippen MR) is 21.1 cm³/mol. The minimum atomic E-state index is -0.468. The maximum absolute atomic E-state index is 9.47. The van der Waals surface area contributed by atoms with Gasteiger partial charge in [-0.15, -0.1) is 0 Å². The topological polar surface area (TPSA) is 57.8 Å². The molecule has 4 heteroatoms. The summed E-state index contributed by atoms with van der Waals surface area (Å²) in [6.45, 7) is 1.24. The lowest BCUT2D eigenvalue weighted by Gasteiger charge is -1.81. The summed E-state index contributed by atoms with van der Waals surface area (Å²) in [6.07, 6.45) is 0. The average Bonchev–Trinajstić information content (AvgIpc) is 1.38.